The minimum absolute atomic E-state index is 0.181. The fourth-order valence-corrected chi connectivity index (χ4v) is 1.95. The number of fused-ring (bicyclic) bond motifs is 1. The van der Waals surface area contributed by atoms with Crippen molar-refractivity contribution in [3.8, 4) is 11.5 Å². The van der Waals surface area contributed by atoms with Crippen LogP contribution in [0.1, 0.15) is 24.9 Å². The summed E-state index contributed by atoms with van der Waals surface area (Å²) in [5, 5.41) is 11.5. The van der Waals surface area contributed by atoms with Crippen molar-refractivity contribution in [3.63, 3.8) is 0 Å². The molecule has 0 saturated heterocycles. The summed E-state index contributed by atoms with van der Waals surface area (Å²) in [6.07, 6.45) is -0.181. The molecule has 102 valence electrons. The second-order valence-corrected chi connectivity index (χ2v) is 4.25. The average molecular weight is 265 g/mol. The Morgan fingerprint density at radius 3 is 2.63 bits per heavy atom. The molecule has 0 aromatic heterocycles. The van der Waals surface area contributed by atoms with Crippen LogP contribution in [0.15, 0.2) is 18.2 Å². The number of ether oxygens (including phenoxy) is 2. The molecule has 0 spiro atoms. The molecule has 0 bridgehead atoms. The summed E-state index contributed by atoms with van der Waals surface area (Å²) in [5.74, 6) is -0.0498. The molecular formula is C13H15NO5. The smallest absolute Gasteiger partial charge is 0.305 e. The van der Waals surface area contributed by atoms with Crippen molar-refractivity contribution < 1.29 is 24.2 Å². The Morgan fingerprint density at radius 2 is 2.00 bits per heavy atom. The van der Waals surface area contributed by atoms with Crippen LogP contribution in [0.25, 0.3) is 0 Å². The van der Waals surface area contributed by atoms with Crippen molar-refractivity contribution in [1.29, 1.82) is 0 Å². The lowest BCUT2D eigenvalue weighted by Gasteiger charge is -2.21. The minimum Gasteiger partial charge on any atom is -0.486 e. The quantitative estimate of drug-likeness (QED) is 0.851. The number of carboxylic acid groups (broad SMARTS) is 1. The van der Waals surface area contributed by atoms with Gasteiger partial charge in [0.2, 0.25) is 5.91 Å². The van der Waals surface area contributed by atoms with Gasteiger partial charge in [-0.25, -0.2) is 0 Å². The summed E-state index contributed by atoms with van der Waals surface area (Å²) in [7, 11) is 0. The van der Waals surface area contributed by atoms with Crippen LogP contribution in [0.4, 0.5) is 0 Å². The number of carbonyl (C=O) groups is 2. The molecule has 1 heterocycles. The maximum absolute atomic E-state index is 11.1. The molecule has 0 radical (unpaired) electrons. The Hall–Kier alpha value is -2.24. The van der Waals surface area contributed by atoms with E-state index < -0.39 is 12.0 Å². The van der Waals surface area contributed by atoms with Gasteiger partial charge in [0.05, 0.1) is 12.5 Å². The van der Waals surface area contributed by atoms with Crippen molar-refractivity contribution in [3.05, 3.63) is 23.8 Å². The Balaban J connectivity index is 2.25. The van der Waals surface area contributed by atoms with Crippen LogP contribution in [-0.4, -0.2) is 30.2 Å². The monoisotopic (exact) mass is 265 g/mol. The maximum atomic E-state index is 11.1. The number of hydrogen-bond donors (Lipinski definition) is 2. The SMILES string of the molecule is CC(=O)N[C@@H](CC(=O)O)c1ccc2c(c1)OCCO2. The number of rotatable bonds is 4. The number of aliphatic carboxylic acids is 1. The highest BCUT2D eigenvalue weighted by Gasteiger charge is 2.20. The second-order valence-electron chi connectivity index (χ2n) is 4.25. The first-order chi connectivity index (χ1) is 9.06. The van der Waals surface area contributed by atoms with Crippen LogP contribution in [0.3, 0.4) is 0 Å². The summed E-state index contributed by atoms with van der Waals surface area (Å²) in [6, 6.07) is 4.58. The number of amides is 1. The maximum Gasteiger partial charge on any atom is 0.305 e. The van der Waals surface area contributed by atoms with Gasteiger partial charge in [-0.2, -0.15) is 0 Å². The highest BCUT2D eigenvalue weighted by Crippen LogP contribution is 2.33. The van der Waals surface area contributed by atoms with Crippen LogP contribution in [0, 0.1) is 0 Å². The third kappa shape index (κ3) is 3.37. The van der Waals surface area contributed by atoms with Crippen LogP contribution >= 0.6 is 0 Å². The summed E-state index contributed by atoms with van der Waals surface area (Å²) in [6.45, 7) is 2.31. The van der Waals surface area contributed by atoms with E-state index in [-0.39, 0.29) is 12.3 Å². The number of carbonyl (C=O) groups excluding carboxylic acids is 1. The fourth-order valence-electron chi connectivity index (χ4n) is 1.95. The zero-order valence-corrected chi connectivity index (χ0v) is 10.5. The number of carboxylic acids is 1. The van der Waals surface area contributed by atoms with Crippen molar-refractivity contribution in [2.45, 2.75) is 19.4 Å². The predicted octanol–water partition coefficient (Wildman–Crippen LogP) is 1.11. The van der Waals surface area contributed by atoms with Gasteiger partial charge in [0.25, 0.3) is 0 Å². The topological polar surface area (TPSA) is 84.9 Å². The summed E-state index contributed by atoms with van der Waals surface area (Å²) in [4.78, 5) is 22.0. The zero-order valence-electron chi connectivity index (χ0n) is 10.5. The van der Waals surface area contributed by atoms with Crippen LogP contribution < -0.4 is 14.8 Å². The van der Waals surface area contributed by atoms with Crippen molar-refractivity contribution in [1.82, 2.24) is 5.32 Å². The molecule has 1 aromatic carbocycles. The van der Waals surface area contributed by atoms with Gasteiger partial charge in [0, 0.05) is 6.92 Å². The molecule has 1 aromatic rings. The first-order valence-electron chi connectivity index (χ1n) is 5.94. The molecule has 0 fully saturated rings. The molecule has 1 aliphatic heterocycles. The molecule has 19 heavy (non-hydrogen) atoms. The van der Waals surface area contributed by atoms with E-state index in [1.165, 1.54) is 6.92 Å². The first-order valence-corrected chi connectivity index (χ1v) is 5.94. The molecule has 2 rings (SSSR count). The zero-order chi connectivity index (χ0) is 13.8. The molecule has 1 amide bonds. The Bertz CT molecular complexity index is 484. The number of benzene rings is 1. The average Bonchev–Trinajstić information content (AvgIpc) is 2.36. The third-order valence-corrected chi connectivity index (χ3v) is 2.72. The van der Waals surface area contributed by atoms with Gasteiger partial charge in [0.15, 0.2) is 11.5 Å². The third-order valence-electron chi connectivity index (χ3n) is 2.72. The predicted molar refractivity (Wildman–Crippen MR) is 66.2 cm³/mol. The molecule has 6 heteroatoms. The van der Waals surface area contributed by atoms with E-state index in [1.807, 2.05) is 0 Å². The van der Waals surface area contributed by atoms with Gasteiger partial charge >= 0.3 is 5.97 Å². The Labute approximate surface area is 110 Å². The van der Waals surface area contributed by atoms with E-state index >= 15 is 0 Å². The van der Waals surface area contributed by atoms with E-state index in [2.05, 4.69) is 5.32 Å². The molecule has 0 aliphatic carbocycles. The molecule has 0 unspecified atom stereocenters. The van der Waals surface area contributed by atoms with Crippen molar-refractivity contribution in [2.75, 3.05) is 13.2 Å². The lowest BCUT2D eigenvalue weighted by molar-refractivity contribution is -0.137. The minimum atomic E-state index is -0.978. The van der Waals surface area contributed by atoms with Gasteiger partial charge < -0.3 is 19.9 Å². The second kappa shape index (κ2) is 5.60. The van der Waals surface area contributed by atoms with Gasteiger partial charge in [-0.15, -0.1) is 0 Å². The first kappa shape index (κ1) is 13.2. The van der Waals surface area contributed by atoms with E-state index in [1.54, 1.807) is 18.2 Å². The van der Waals surface area contributed by atoms with Crippen molar-refractivity contribution in [2.24, 2.45) is 0 Å². The van der Waals surface area contributed by atoms with Gasteiger partial charge in [-0.3, -0.25) is 9.59 Å². The Kier molecular flexibility index (Phi) is 3.89. The molecule has 2 N–H and O–H groups in total. The normalized spacial score (nSPS) is 14.6. The molecule has 1 aliphatic rings. The number of nitrogens with one attached hydrogen (secondary N) is 1. The summed E-state index contributed by atoms with van der Waals surface area (Å²) < 4.78 is 10.8. The highest BCUT2D eigenvalue weighted by atomic mass is 16.6. The van der Waals surface area contributed by atoms with Gasteiger partial charge in [-0.1, -0.05) is 6.07 Å². The van der Waals surface area contributed by atoms with E-state index in [0.29, 0.717) is 30.3 Å². The van der Waals surface area contributed by atoms with Gasteiger partial charge in [0.1, 0.15) is 13.2 Å². The van der Waals surface area contributed by atoms with Crippen molar-refractivity contribution >= 4 is 11.9 Å². The highest BCUT2D eigenvalue weighted by molar-refractivity contribution is 5.75. The van der Waals surface area contributed by atoms with Crippen LogP contribution in [0.2, 0.25) is 0 Å². The van der Waals surface area contributed by atoms with E-state index in [0.717, 1.165) is 0 Å². The summed E-state index contributed by atoms with van der Waals surface area (Å²) >= 11 is 0. The van der Waals surface area contributed by atoms with Crippen LogP contribution in [-0.2, 0) is 9.59 Å². The fraction of sp³-hybridized carbons (Fsp3) is 0.385. The lowest BCUT2D eigenvalue weighted by Crippen LogP contribution is -2.28. The summed E-state index contributed by atoms with van der Waals surface area (Å²) in [5.41, 5.74) is 0.682. The largest absolute Gasteiger partial charge is 0.486 e. The van der Waals surface area contributed by atoms with E-state index in [4.69, 9.17) is 14.6 Å². The molecule has 6 nitrogen and oxygen atoms in total. The van der Waals surface area contributed by atoms with Gasteiger partial charge in [-0.05, 0) is 17.7 Å². The molecule has 0 saturated carbocycles. The number of hydrogen-bond acceptors (Lipinski definition) is 4. The molecular weight excluding hydrogens is 250 g/mol. The standard InChI is InChI=1S/C13H15NO5/c1-8(15)14-10(7-13(16)17)9-2-3-11-12(6-9)19-5-4-18-11/h2-3,6,10H,4-5,7H2,1H3,(H,14,15)(H,16,17)/t10-/m0/s1. The van der Waals surface area contributed by atoms with E-state index in [9.17, 15) is 9.59 Å². The Morgan fingerprint density at radius 1 is 1.32 bits per heavy atom. The van der Waals surface area contributed by atoms with Crippen LogP contribution in [0.5, 0.6) is 11.5 Å². The lowest BCUT2D eigenvalue weighted by atomic mass is 10.0. The molecule has 1 atom stereocenters.